The molecule has 0 radical (unpaired) electrons. The lowest BCUT2D eigenvalue weighted by molar-refractivity contribution is 0.641. The van der Waals surface area contributed by atoms with Crippen molar-refractivity contribution in [3.05, 3.63) is 65.7 Å². The number of aliphatic imine (C=N–C) groups is 1. The SMILES string of the molecule is CC(C)(c1ccccc1)c1ccc(N=C(N)CCl)cc1. The maximum atomic E-state index is 5.64. The van der Waals surface area contributed by atoms with Gasteiger partial charge < -0.3 is 5.73 Å². The first kappa shape index (κ1) is 14.6. The van der Waals surface area contributed by atoms with Crippen LogP contribution in [-0.4, -0.2) is 11.7 Å². The van der Waals surface area contributed by atoms with Gasteiger partial charge in [0, 0.05) is 5.41 Å². The van der Waals surface area contributed by atoms with Crippen molar-refractivity contribution in [3.8, 4) is 0 Å². The number of hydrogen-bond donors (Lipinski definition) is 1. The van der Waals surface area contributed by atoms with Crippen LogP contribution in [0.2, 0.25) is 0 Å². The summed E-state index contributed by atoms with van der Waals surface area (Å²) in [4.78, 5) is 4.24. The first-order valence-electron chi connectivity index (χ1n) is 6.59. The molecule has 104 valence electrons. The Morgan fingerprint density at radius 3 is 2.10 bits per heavy atom. The molecule has 2 aromatic carbocycles. The Morgan fingerprint density at radius 1 is 1.00 bits per heavy atom. The fourth-order valence-corrected chi connectivity index (χ4v) is 2.23. The first-order chi connectivity index (χ1) is 9.54. The predicted molar refractivity (Wildman–Crippen MR) is 87.0 cm³/mol. The highest BCUT2D eigenvalue weighted by atomic mass is 35.5. The summed E-state index contributed by atoms with van der Waals surface area (Å²) in [5.74, 6) is 0.679. The summed E-state index contributed by atoms with van der Waals surface area (Å²) in [6.45, 7) is 4.43. The van der Waals surface area contributed by atoms with E-state index in [0.717, 1.165) is 5.69 Å². The molecule has 0 heterocycles. The molecule has 0 aromatic heterocycles. The maximum absolute atomic E-state index is 5.64. The number of nitrogens with two attached hydrogens (primary N) is 1. The Labute approximate surface area is 125 Å². The van der Waals surface area contributed by atoms with E-state index in [0.29, 0.717) is 5.84 Å². The highest BCUT2D eigenvalue weighted by molar-refractivity contribution is 6.28. The predicted octanol–water partition coefficient (Wildman–Crippen LogP) is 4.24. The maximum Gasteiger partial charge on any atom is 0.115 e. The van der Waals surface area contributed by atoms with Gasteiger partial charge in [-0.25, -0.2) is 4.99 Å². The zero-order valence-electron chi connectivity index (χ0n) is 11.8. The molecule has 0 amide bonds. The highest BCUT2D eigenvalue weighted by Gasteiger charge is 2.22. The average Bonchev–Trinajstić information content (AvgIpc) is 2.48. The van der Waals surface area contributed by atoms with E-state index in [-0.39, 0.29) is 11.3 Å². The Kier molecular flexibility index (Phi) is 4.46. The third kappa shape index (κ3) is 3.20. The van der Waals surface area contributed by atoms with Crippen molar-refractivity contribution in [1.29, 1.82) is 0 Å². The quantitative estimate of drug-likeness (QED) is 0.509. The van der Waals surface area contributed by atoms with Crippen molar-refractivity contribution in [2.24, 2.45) is 10.7 Å². The van der Waals surface area contributed by atoms with E-state index in [4.69, 9.17) is 17.3 Å². The molecule has 2 nitrogen and oxygen atoms in total. The fraction of sp³-hybridized carbons (Fsp3) is 0.235. The van der Waals surface area contributed by atoms with Crippen LogP contribution in [0.5, 0.6) is 0 Å². The second kappa shape index (κ2) is 6.10. The van der Waals surface area contributed by atoms with Crippen molar-refractivity contribution in [2.45, 2.75) is 19.3 Å². The molecule has 20 heavy (non-hydrogen) atoms. The number of rotatable bonds is 4. The molecule has 0 bridgehead atoms. The fourth-order valence-electron chi connectivity index (χ4n) is 2.17. The van der Waals surface area contributed by atoms with Crippen LogP contribution >= 0.6 is 11.6 Å². The summed E-state index contributed by atoms with van der Waals surface area (Å²) in [6.07, 6.45) is 0. The minimum atomic E-state index is -0.0401. The van der Waals surface area contributed by atoms with Crippen molar-refractivity contribution >= 4 is 23.1 Å². The van der Waals surface area contributed by atoms with Crippen LogP contribution in [0, 0.1) is 0 Å². The molecule has 0 saturated carbocycles. The van der Waals surface area contributed by atoms with E-state index >= 15 is 0 Å². The van der Waals surface area contributed by atoms with Crippen molar-refractivity contribution in [2.75, 3.05) is 5.88 Å². The van der Waals surface area contributed by atoms with E-state index in [1.54, 1.807) is 0 Å². The van der Waals surface area contributed by atoms with E-state index in [1.165, 1.54) is 11.1 Å². The lowest BCUT2D eigenvalue weighted by Gasteiger charge is -2.26. The van der Waals surface area contributed by atoms with E-state index in [9.17, 15) is 0 Å². The minimum Gasteiger partial charge on any atom is -0.386 e. The van der Waals surface area contributed by atoms with Gasteiger partial charge in [0.15, 0.2) is 0 Å². The van der Waals surface area contributed by atoms with Crippen LogP contribution in [-0.2, 0) is 5.41 Å². The van der Waals surface area contributed by atoms with Gasteiger partial charge >= 0.3 is 0 Å². The number of alkyl halides is 1. The molecule has 0 aliphatic heterocycles. The summed E-state index contributed by atoms with van der Waals surface area (Å²) >= 11 is 5.63. The minimum absolute atomic E-state index is 0.0401. The van der Waals surface area contributed by atoms with Crippen LogP contribution in [0.1, 0.15) is 25.0 Å². The van der Waals surface area contributed by atoms with Gasteiger partial charge in [0.25, 0.3) is 0 Å². The molecule has 0 aliphatic rings. The monoisotopic (exact) mass is 286 g/mol. The van der Waals surface area contributed by atoms with Gasteiger partial charge in [-0.15, -0.1) is 11.6 Å². The summed E-state index contributed by atoms with van der Waals surface area (Å²) in [5.41, 5.74) is 8.96. The molecule has 0 atom stereocenters. The molecule has 0 aliphatic carbocycles. The van der Waals surface area contributed by atoms with Crippen molar-refractivity contribution in [3.63, 3.8) is 0 Å². The standard InChI is InChI=1S/C17H19ClN2/c1-17(2,13-6-4-3-5-7-13)14-8-10-15(11-9-14)20-16(19)12-18/h3-11H,12H2,1-2H3,(H2,19,20). The van der Waals surface area contributed by atoms with E-state index in [2.05, 4.69) is 55.2 Å². The average molecular weight is 287 g/mol. The van der Waals surface area contributed by atoms with Gasteiger partial charge in [-0.2, -0.15) is 0 Å². The van der Waals surface area contributed by atoms with Gasteiger partial charge in [0.05, 0.1) is 11.6 Å². The second-order valence-corrected chi connectivity index (χ2v) is 5.54. The van der Waals surface area contributed by atoms with Crippen LogP contribution in [0.25, 0.3) is 0 Å². The summed E-state index contributed by atoms with van der Waals surface area (Å²) in [5, 5.41) is 0. The van der Waals surface area contributed by atoms with Crippen LogP contribution < -0.4 is 5.73 Å². The largest absolute Gasteiger partial charge is 0.386 e. The van der Waals surface area contributed by atoms with Crippen LogP contribution in [0.3, 0.4) is 0 Å². The Bertz CT molecular complexity index is 586. The normalized spacial score (nSPS) is 12.4. The zero-order valence-corrected chi connectivity index (χ0v) is 12.6. The summed E-state index contributed by atoms with van der Waals surface area (Å²) < 4.78 is 0. The van der Waals surface area contributed by atoms with Crippen LogP contribution in [0.15, 0.2) is 59.6 Å². The molecular formula is C17H19ClN2. The second-order valence-electron chi connectivity index (χ2n) is 5.27. The molecule has 0 unspecified atom stereocenters. The Hall–Kier alpha value is -1.80. The molecule has 2 rings (SSSR count). The summed E-state index contributed by atoms with van der Waals surface area (Å²) in [6, 6.07) is 18.6. The van der Waals surface area contributed by atoms with E-state index in [1.807, 2.05) is 18.2 Å². The molecular weight excluding hydrogens is 268 g/mol. The van der Waals surface area contributed by atoms with Gasteiger partial charge in [-0.3, -0.25) is 0 Å². The Morgan fingerprint density at radius 2 is 1.55 bits per heavy atom. The van der Waals surface area contributed by atoms with Gasteiger partial charge in [-0.05, 0) is 23.3 Å². The van der Waals surface area contributed by atoms with E-state index < -0.39 is 0 Å². The molecule has 0 fully saturated rings. The Balaban J connectivity index is 2.30. The third-order valence-electron chi connectivity index (χ3n) is 3.49. The number of benzene rings is 2. The topological polar surface area (TPSA) is 38.4 Å². The van der Waals surface area contributed by atoms with Crippen molar-refractivity contribution in [1.82, 2.24) is 0 Å². The lowest BCUT2D eigenvalue weighted by Crippen LogP contribution is -2.18. The first-order valence-corrected chi connectivity index (χ1v) is 7.12. The molecule has 2 aromatic rings. The lowest BCUT2D eigenvalue weighted by atomic mass is 9.78. The molecule has 3 heteroatoms. The number of nitrogens with zero attached hydrogens (tertiary/aromatic N) is 1. The van der Waals surface area contributed by atoms with Crippen LogP contribution in [0.4, 0.5) is 5.69 Å². The zero-order chi connectivity index (χ0) is 14.6. The number of halogens is 1. The molecule has 0 saturated heterocycles. The number of hydrogen-bond acceptors (Lipinski definition) is 1. The number of amidine groups is 1. The van der Waals surface area contributed by atoms with Crippen molar-refractivity contribution < 1.29 is 0 Å². The molecule has 2 N–H and O–H groups in total. The highest BCUT2D eigenvalue weighted by Crippen LogP contribution is 2.32. The third-order valence-corrected chi connectivity index (χ3v) is 3.77. The smallest absolute Gasteiger partial charge is 0.115 e. The van der Waals surface area contributed by atoms with Gasteiger partial charge in [0.2, 0.25) is 0 Å². The van der Waals surface area contributed by atoms with Gasteiger partial charge in [-0.1, -0.05) is 56.3 Å². The molecule has 0 spiro atoms. The summed E-state index contributed by atoms with van der Waals surface area (Å²) in [7, 11) is 0. The van der Waals surface area contributed by atoms with Gasteiger partial charge in [0.1, 0.15) is 5.84 Å².